The summed E-state index contributed by atoms with van der Waals surface area (Å²) in [4.78, 5) is 12.0. The second-order valence-corrected chi connectivity index (χ2v) is 5.12. The Morgan fingerprint density at radius 3 is 2.55 bits per heavy atom. The van der Waals surface area contributed by atoms with Crippen LogP contribution in [0.2, 0.25) is 5.02 Å². The van der Waals surface area contributed by atoms with E-state index in [-0.39, 0.29) is 5.91 Å². The predicted octanol–water partition coefficient (Wildman–Crippen LogP) is 3.20. The highest BCUT2D eigenvalue weighted by Crippen LogP contribution is 2.16. The highest BCUT2D eigenvalue weighted by Gasteiger charge is 2.06. The van der Waals surface area contributed by atoms with E-state index in [9.17, 15) is 4.79 Å². The van der Waals surface area contributed by atoms with Gasteiger partial charge in [-0.15, -0.1) is 0 Å². The van der Waals surface area contributed by atoms with Crippen molar-refractivity contribution in [2.45, 2.75) is 13.3 Å². The standard InChI is InChI=1S/C16H17ClN2O/c1-11-10-13(4-7-15(11)17)16(20)19-9-8-12-2-5-14(18)6-3-12/h2-7,10H,8-9,18H2,1H3,(H,19,20). The van der Waals surface area contributed by atoms with Crippen LogP contribution in [0.3, 0.4) is 0 Å². The van der Waals surface area contributed by atoms with Gasteiger partial charge in [-0.2, -0.15) is 0 Å². The number of rotatable bonds is 4. The topological polar surface area (TPSA) is 55.1 Å². The molecule has 0 fully saturated rings. The van der Waals surface area contributed by atoms with Crippen molar-refractivity contribution in [1.82, 2.24) is 5.32 Å². The number of nitrogens with one attached hydrogen (secondary N) is 1. The molecule has 0 aliphatic carbocycles. The lowest BCUT2D eigenvalue weighted by atomic mass is 10.1. The second kappa shape index (κ2) is 6.44. The lowest BCUT2D eigenvalue weighted by Crippen LogP contribution is -2.25. The number of amides is 1. The smallest absolute Gasteiger partial charge is 0.251 e. The fraction of sp³-hybridized carbons (Fsp3) is 0.188. The van der Waals surface area contributed by atoms with Crippen molar-refractivity contribution in [3.8, 4) is 0 Å². The quantitative estimate of drug-likeness (QED) is 0.849. The summed E-state index contributed by atoms with van der Waals surface area (Å²) in [5.74, 6) is -0.0831. The number of halogens is 1. The number of nitrogens with two attached hydrogens (primary N) is 1. The molecule has 2 rings (SSSR count). The normalized spacial score (nSPS) is 10.3. The van der Waals surface area contributed by atoms with Crippen LogP contribution in [-0.4, -0.2) is 12.5 Å². The SMILES string of the molecule is Cc1cc(C(=O)NCCc2ccc(N)cc2)ccc1Cl. The first-order valence-corrected chi connectivity index (χ1v) is 6.83. The molecule has 2 aromatic rings. The zero-order valence-electron chi connectivity index (χ0n) is 11.3. The van der Waals surface area contributed by atoms with Crippen LogP contribution < -0.4 is 11.1 Å². The first kappa shape index (κ1) is 14.4. The van der Waals surface area contributed by atoms with Gasteiger partial charge in [0.2, 0.25) is 0 Å². The van der Waals surface area contributed by atoms with E-state index in [0.717, 1.165) is 23.2 Å². The summed E-state index contributed by atoms with van der Waals surface area (Å²) in [5.41, 5.74) is 9.05. The molecule has 4 heteroatoms. The summed E-state index contributed by atoms with van der Waals surface area (Å²) < 4.78 is 0. The van der Waals surface area contributed by atoms with E-state index in [0.29, 0.717) is 17.1 Å². The molecule has 3 nitrogen and oxygen atoms in total. The lowest BCUT2D eigenvalue weighted by molar-refractivity contribution is 0.0954. The minimum Gasteiger partial charge on any atom is -0.399 e. The first-order valence-electron chi connectivity index (χ1n) is 6.45. The monoisotopic (exact) mass is 288 g/mol. The Kier molecular flexibility index (Phi) is 4.64. The van der Waals surface area contributed by atoms with Crippen LogP contribution in [0.5, 0.6) is 0 Å². The molecule has 0 saturated heterocycles. The molecule has 0 bridgehead atoms. The van der Waals surface area contributed by atoms with Crippen LogP contribution in [0.1, 0.15) is 21.5 Å². The summed E-state index contributed by atoms with van der Waals surface area (Å²) in [6.07, 6.45) is 0.776. The van der Waals surface area contributed by atoms with Crippen LogP contribution in [0.4, 0.5) is 5.69 Å². The van der Waals surface area contributed by atoms with E-state index < -0.39 is 0 Å². The van der Waals surface area contributed by atoms with E-state index in [1.807, 2.05) is 31.2 Å². The third-order valence-corrected chi connectivity index (χ3v) is 3.52. The van der Waals surface area contributed by atoms with Gasteiger partial charge >= 0.3 is 0 Å². The fourth-order valence-corrected chi connectivity index (χ4v) is 2.01. The molecule has 0 saturated carbocycles. The molecule has 0 aliphatic rings. The van der Waals surface area contributed by atoms with Gasteiger partial charge in [-0.3, -0.25) is 4.79 Å². The summed E-state index contributed by atoms with van der Waals surface area (Å²) >= 11 is 5.94. The number of aryl methyl sites for hydroxylation is 1. The fourth-order valence-electron chi connectivity index (χ4n) is 1.89. The van der Waals surface area contributed by atoms with E-state index in [2.05, 4.69) is 5.32 Å². The summed E-state index contributed by atoms with van der Waals surface area (Å²) in [5, 5.41) is 3.57. The van der Waals surface area contributed by atoms with Crippen LogP contribution in [0, 0.1) is 6.92 Å². The van der Waals surface area contributed by atoms with Crippen LogP contribution in [-0.2, 0) is 6.42 Å². The molecule has 0 aliphatic heterocycles. The minimum absolute atomic E-state index is 0.0831. The average Bonchev–Trinajstić information content (AvgIpc) is 2.44. The number of carbonyl (C=O) groups excluding carboxylic acids is 1. The van der Waals surface area contributed by atoms with Gasteiger partial charge in [0.1, 0.15) is 0 Å². The van der Waals surface area contributed by atoms with Gasteiger partial charge in [-0.25, -0.2) is 0 Å². The maximum Gasteiger partial charge on any atom is 0.251 e. The third-order valence-electron chi connectivity index (χ3n) is 3.10. The van der Waals surface area contributed by atoms with Gasteiger partial charge in [0, 0.05) is 22.8 Å². The van der Waals surface area contributed by atoms with E-state index >= 15 is 0 Å². The van der Waals surface area contributed by atoms with Gasteiger partial charge in [-0.1, -0.05) is 23.7 Å². The molecule has 0 heterocycles. The Labute approximate surface area is 123 Å². The highest BCUT2D eigenvalue weighted by atomic mass is 35.5. The Balaban J connectivity index is 1.88. The lowest BCUT2D eigenvalue weighted by Gasteiger charge is -2.07. The Morgan fingerprint density at radius 1 is 1.20 bits per heavy atom. The molecule has 104 valence electrons. The maximum atomic E-state index is 12.0. The van der Waals surface area contributed by atoms with Crippen molar-refractivity contribution >= 4 is 23.2 Å². The van der Waals surface area contributed by atoms with Gasteiger partial charge in [0.25, 0.3) is 5.91 Å². The molecule has 1 amide bonds. The molecule has 0 spiro atoms. The van der Waals surface area contributed by atoms with Crippen molar-refractivity contribution in [1.29, 1.82) is 0 Å². The summed E-state index contributed by atoms with van der Waals surface area (Å²) in [6, 6.07) is 12.9. The summed E-state index contributed by atoms with van der Waals surface area (Å²) in [6.45, 7) is 2.47. The van der Waals surface area contributed by atoms with Crippen LogP contribution >= 0.6 is 11.6 Å². The average molecular weight is 289 g/mol. The van der Waals surface area contributed by atoms with Gasteiger partial charge < -0.3 is 11.1 Å². The van der Waals surface area contributed by atoms with E-state index in [1.54, 1.807) is 18.2 Å². The van der Waals surface area contributed by atoms with Gasteiger partial charge in [-0.05, 0) is 54.8 Å². The van der Waals surface area contributed by atoms with Crippen LogP contribution in [0.15, 0.2) is 42.5 Å². The molecular weight excluding hydrogens is 272 g/mol. The Bertz CT molecular complexity index is 608. The first-order chi connectivity index (χ1) is 9.56. The Morgan fingerprint density at radius 2 is 1.90 bits per heavy atom. The number of carbonyl (C=O) groups is 1. The molecule has 0 radical (unpaired) electrons. The molecule has 0 aromatic heterocycles. The molecular formula is C16H17ClN2O. The largest absolute Gasteiger partial charge is 0.399 e. The third kappa shape index (κ3) is 3.75. The molecule has 0 unspecified atom stereocenters. The second-order valence-electron chi connectivity index (χ2n) is 4.71. The van der Waals surface area contributed by atoms with E-state index in [4.69, 9.17) is 17.3 Å². The zero-order chi connectivity index (χ0) is 14.5. The molecule has 20 heavy (non-hydrogen) atoms. The number of hydrogen-bond donors (Lipinski definition) is 2. The van der Waals surface area contributed by atoms with Crippen molar-refractivity contribution in [2.75, 3.05) is 12.3 Å². The molecule has 3 N–H and O–H groups in total. The van der Waals surface area contributed by atoms with Gasteiger partial charge in [0.15, 0.2) is 0 Å². The Hall–Kier alpha value is -2.00. The summed E-state index contributed by atoms with van der Waals surface area (Å²) in [7, 11) is 0. The number of hydrogen-bond acceptors (Lipinski definition) is 2. The van der Waals surface area contributed by atoms with Crippen molar-refractivity contribution in [2.24, 2.45) is 0 Å². The number of anilines is 1. The minimum atomic E-state index is -0.0831. The van der Waals surface area contributed by atoms with E-state index in [1.165, 1.54) is 0 Å². The maximum absolute atomic E-state index is 12.0. The van der Waals surface area contributed by atoms with Crippen molar-refractivity contribution < 1.29 is 4.79 Å². The number of nitrogen functional groups attached to an aromatic ring is 1. The van der Waals surface area contributed by atoms with Crippen LogP contribution in [0.25, 0.3) is 0 Å². The number of benzene rings is 2. The van der Waals surface area contributed by atoms with Crippen molar-refractivity contribution in [3.05, 3.63) is 64.2 Å². The predicted molar refractivity (Wildman–Crippen MR) is 83.1 cm³/mol. The van der Waals surface area contributed by atoms with Crippen molar-refractivity contribution in [3.63, 3.8) is 0 Å². The molecule has 2 aromatic carbocycles. The highest BCUT2D eigenvalue weighted by molar-refractivity contribution is 6.31. The van der Waals surface area contributed by atoms with Gasteiger partial charge in [0.05, 0.1) is 0 Å². The zero-order valence-corrected chi connectivity index (χ0v) is 12.1. The molecule has 0 atom stereocenters.